The van der Waals surface area contributed by atoms with Gasteiger partial charge in [-0.2, -0.15) is 0 Å². The summed E-state index contributed by atoms with van der Waals surface area (Å²) in [5, 5.41) is 6.22. The van der Waals surface area contributed by atoms with E-state index in [1.807, 2.05) is 6.92 Å². The van der Waals surface area contributed by atoms with Crippen LogP contribution in [0.3, 0.4) is 0 Å². The zero-order valence-corrected chi connectivity index (χ0v) is 14.6. The van der Waals surface area contributed by atoms with Crippen molar-refractivity contribution in [3.05, 3.63) is 16.1 Å². The molecule has 7 heteroatoms. The topological polar surface area (TPSA) is 69.6 Å². The van der Waals surface area contributed by atoms with E-state index in [1.54, 1.807) is 12.6 Å². The minimum atomic E-state index is -0.0564. The van der Waals surface area contributed by atoms with Gasteiger partial charge in [0.05, 0.1) is 11.2 Å². The number of rotatable bonds is 4. The lowest BCUT2D eigenvalue weighted by Gasteiger charge is -2.23. The number of aliphatic imine (C=N–C) groups is 1. The molecule has 1 aliphatic rings. The minimum Gasteiger partial charge on any atom is -0.354 e. The van der Waals surface area contributed by atoms with E-state index >= 15 is 0 Å². The SMILES string of the molecule is CN=C(NCCNC(=O)c1scnc1C)N1CCC(C)(C)C1. The van der Waals surface area contributed by atoms with Crippen LogP contribution in [0.5, 0.6) is 0 Å². The monoisotopic (exact) mass is 323 g/mol. The Balaban J connectivity index is 1.74. The molecule has 6 nitrogen and oxygen atoms in total. The Hall–Kier alpha value is -1.63. The third-order valence-corrected chi connectivity index (χ3v) is 4.76. The lowest BCUT2D eigenvalue weighted by atomic mass is 9.93. The van der Waals surface area contributed by atoms with Crippen molar-refractivity contribution in [2.75, 3.05) is 33.2 Å². The fourth-order valence-electron chi connectivity index (χ4n) is 2.58. The Bertz CT molecular complexity index is 552. The van der Waals surface area contributed by atoms with Crippen LogP contribution in [-0.4, -0.2) is 55.0 Å². The molecule has 0 bridgehead atoms. The maximum atomic E-state index is 12.0. The summed E-state index contributed by atoms with van der Waals surface area (Å²) in [6, 6.07) is 0. The summed E-state index contributed by atoms with van der Waals surface area (Å²) >= 11 is 1.37. The summed E-state index contributed by atoms with van der Waals surface area (Å²) in [6.07, 6.45) is 1.18. The van der Waals surface area contributed by atoms with E-state index in [4.69, 9.17) is 0 Å². The third kappa shape index (κ3) is 4.19. The number of amides is 1. The molecule has 1 aromatic heterocycles. The van der Waals surface area contributed by atoms with Crippen LogP contribution in [0.4, 0.5) is 0 Å². The lowest BCUT2D eigenvalue weighted by molar-refractivity contribution is 0.0957. The lowest BCUT2D eigenvalue weighted by Crippen LogP contribution is -2.43. The molecular formula is C15H25N5OS. The Morgan fingerprint density at radius 3 is 2.73 bits per heavy atom. The molecule has 0 saturated carbocycles. The second-order valence-corrected chi connectivity index (χ2v) is 7.19. The van der Waals surface area contributed by atoms with E-state index in [0.29, 0.717) is 23.4 Å². The van der Waals surface area contributed by atoms with Gasteiger partial charge in [0, 0.05) is 33.2 Å². The van der Waals surface area contributed by atoms with Gasteiger partial charge >= 0.3 is 0 Å². The van der Waals surface area contributed by atoms with Crippen molar-refractivity contribution in [2.45, 2.75) is 27.2 Å². The molecule has 2 N–H and O–H groups in total. The maximum absolute atomic E-state index is 12.0. The van der Waals surface area contributed by atoms with E-state index < -0.39 is 0 Å². The average molecular weight is 323 g/mol. The van der Waals surface area contributed by atoms with Crippen LogP contribution < -0.4 is 10.6 Å². The highest BCUT2D eigenvalue weighted by Crippen LogP contribution is 2.28. The number of hydrogen-bond donors (Lipinski definition) is 2. The third-order valence-electron chi connectivity index (χ3n) is 3.83. The van der Waals surface area contributed by atoms with Crippen molar-refractivity contribution in [2.24, 2.45) is 10.4 Å². The van der Waals surface area contributed by atoms with Gasteiger partial charge in [-0.1, -0.05) is 13.8 Å². The molecule has 1 saturated heterocycles. The summed E-state index contributed by atoms with van der Waals surface area (Å²) in [4.78, 5) is 23.3. The molecule has 0 aliphatic carbocycles. The highest BCUT2D eigenvalue weighted by molar-refractivity contribution is 7.11. The second kappa shape index (κ2) is 7.09. The first kappa shape index (κ1) is 16.7. The standard InChI is InChI=1S/C15H25N5OS/c1-11-12(22-10-19-11)13(21)17-6-7-18-14(16-4)20-8-5-15(2,3)9-20/h10H,5-9H2,1-4H3,(H,16,18)(H,17,21). The zero-order chi connectivity index (χ0) is 16.2. The maximum Gasteiger partial charge on any atom is 0.263 e. The number of nitrogens with one attached hydrogen (secondary N) is 2. The van der Waals surface area contributed by atoms with E-state index in [1.165, 1.54) is 17.8 Å². The number of aryl methyl sites for hydroxylation is 1. The molecule has 2 heterocycles. The number of guanidine groups is 1. The molecule has 0 aromatic carbocycles. The smallest absolute Gasteiger partial charge is 0.263 e. The molecule has 1 aliphatic heterocycles. The van der Waals surface area contributed by atoms with Crippen LogP contribution in [0.2, 0.25) is 0 Å². The average Bonchev–Trinajstić information content (AvgIpc) is 3.04. The molecule has 122 valence electrons. The van der Waals surface area contributed by atoms with E-state index in [2.05, 4.69) is 39.4 Å². The first-order valence-electron chi connectivity index (χ1n) is 7.57. The second-order valence-electron chi connectivity index (χ2n) is 6.33. The van der Waals surface area contributed by atoms with Crippen molar-refractivity contribution in [3.63, 3.8) is 0 Å². The van der Waals surface area contributed by atoms with Gasteiger partial charge in [0.2, 0.25) is 0 Å². The van der Waals surface area contributed by atoms with Gasteiger partial charge in [-0.05, 0) is 18.8 Å². The Morgan fingerprint density at radius 2 is 2.18 bits per heavy atom. The van der Waals surface area contributed by atoms with E-state index in [-0.39, 0.29) is 5.91 Å². The molecular weight excluding hydrogens is 298 g/mol. The molecule has 22 heavy (non-hydrogen) atoms. The fourth-order valence-corrected chi connectivity index (χ4v) is 3.29. The predicted octanol–water partition coefficient (Wildman–Crippen LogP) is 1.49. The predicted molar refractivity (Wildman–Crippen MR) is 90.5 cm³/mol. The number of aromatic nitrogens is 1. The van der Waals surface area contributed by atoms with Crippen LogP contribution in [0.25, 0.3) is 0 Å². The molecule has 0 unspecified atom stereocenters. The van der Waals surface area contributed by atoms with Gasteiger partial charge in [0.1, 0.15) is 4.88 Å². The summed E-state index contributed by atoms with van der Waals surface area (Å²) in [6.45, 7) is 9.66. The fraction of sp³-hybridized carbons (Fsp3) is 0.667. The Morgan fingerprint density at radius 1 is 1.45 bits per heavy atom. The van der Waals surface area contributed by atoms with Gasteiger partial charge in [-0.3, -0.25) is 9.79 Å². The van der Waals surface area contributed by atoms with Crippen LogP contribution >= 0.6 is 11.3 Å². The Labute approximate surface area is 136 Å². The van der Waals surface area contributed by atoms with Gasteiger partial charge in [0.25, 0.3) is 5.91 Å². The molecule has 2 rings (SSSR count). The number of carbonyl (C=O) groups is 1. The number of likely N-dealkylation sites (tertiary alicyclic amines) is 1. The summed E-state index contributed by atoms with van der Waals surface area (Å²) < 4.78 is 0. The zero-order valence-electron chi connectivity index (χ0n) is 13.8. The van der Waals surface area contributed by atoms with Gasteiger partial charge in [-0.15, -0.1) is 11.3 Å². The molecule has 1 amide bonds. The first-order chi connectivity index (χ1) is 10.4. The molecule has 1 fully saturated rings. The molecule has 0 spiro atoms. The molecule has 1 aromatic rings. The highest BCUT2D eigenvalue weighted by atomic mass is 32.1. The summed E-state index contributed by atoms with van der Waals surface area (Å²) in [5.41, 5.74) is 2.82. The van der Waals surface area contributed by atoms with Crippen molar-refractivity contribution in [1.29, 1.82) is 0 Å². The van der Waals surface area contributed by atoms with Gasteiger partial charge in [0.15, 0.2) is 5.96 Å². The molecule has 0 radical (unpaired) electrons. The van der Waals surface area contributed by atoms with Crippen LogP contribution in [-0.2, 0) is 0 Å². The number of nitrogens with zero attached hydrogens (tertiary/aromatic N) is 3. The van der Waals surface area contributed by atoms with Crippen molar-refractivity contribution >= 4 is 23.2 Å². The number of hydrogen-bond acceptors (Lipinski definition) is 4. The summed E-state index contributed by atoms with van der Waals surface area (Å²) in [7, 11) is 1.80. The summed E-state index contributed by atoms with van der Waals surface area (Å²) in [5.74, 6) is 0.855. The van der Waals surface area contributed by atoms with Gasteiger partial charge < -0.3 is 15.5 Å². The van der Waals surface area contributed by atoms with Crippen LogP contribution in [0, 0.1) is 12.3 Å². The van der Waals surface area contributed by atoms with E-state index in [9.17, 15) is 4.79 Å². The number of carbonyl (C=O) groups excluding carboxylic acids is 1. The van der Waals surface area contributed by atoms with Crippen molar-refractivity contribution < 1.29 is 4.79 Å². The van der Waals surface area contributed by atoms with Gasteiger partial charge in [-0.25, -0.2) is 4.98 Å². The van der Waals surface area contributed by atoms with Crippen molar-refractivity contribution in [1.82, 2.24) is 20.5 Å². The first-order valence-corrected chi connectivity index (χ1v) is 8.45. The van der Waals surface area contributed by atoms with Crippen molar-refractivity contribution in [3.8, 4) is 0 Å². The van der Waals surface area contributed by atoms with Crippen LogP contribution in [0.1, 0.15) is 35.6 Å². The largest absolute Gasteiger partial charge is 0.354 e. The minimum absolute atomic E-state index is 0.0564. The molecule has 0 atom stereocenters. The Kier molecular flexibility index (Phi) is 5.39. The highest BCUT2D eigenvalue weighted by Gasteiger charge is 2.30. The number of thiazole rings is 1. The van der Waals surface area contributed by atoms with Crippen LogP contribution in [0.15, 0.2) is 10.5 Å². The quantitative estimate of drug-likeness (QED) is 0.500. The van der Waals surface area contributed by atoms with E-state index in [0.717, 1.165) is 24.7 Å². The normalized spacial score (nSPS) is 17.6.